The number of fused-ring (bicyclic) bond motifs is 1. The highest BCUT2D eigenvalue weighted by molar-refractivity contribution is 5.79. The third-order valence-electron chi connectivity index (χ3n) is 5.91. The number of rotatable bonds is 5. The van der Waals surface area contributed by atoms with Gasteiger partial charge in [0.15, 0.2) is 0 Å². The summed E-state index contributed by atoms with van der Waals surface area (Å²) in [6, 6.07) is 10.9. The largest absolute Gasteiger partial charge is 0.361 e. The van der Waals surface area contributed by atoms with Crippen molar-refractivity contribution in [2.45, 2.75) is 33.2 Å². The minimum absolute atomic E-state index is 0.622. The standard InChI is InChI=1S/C23H25N5O/c1-15-23(16(2)29-27-15)22-11-20(25-14-26-22)9-18-6-8-28(13-18)12-17-3-4-19-5-7-24-21(19)10-17/h3-5,7,10-11,14,18,24H,6,8-9,12-13H2,1-2H3. The lowest BCUT2D eigenvalue weighted by molar-refractivity contribution is 0.316. The van der Waals surface area contributed by atoms with Crippen molar-refractivity contribution in [3.8, 4) is 11.3 Å². The molecule has 4 heterocycles. The molecule has 0 amide bonds. The molecule has 6 heteroatoms. The Labute approximate surface area is 170 Å². The average Bonchev–Trinajstić information content (AvgIpc) is 3.43. The Morgan fingerprint density at radius 2 is 2.10 bits per heavy atom. The molecule has 0 bridgehead atoms. The van der Waals surface area contributed by atoms with Crippen molar-refractivity contribution < 1.29 is 4.52 Å². The van der Waals surface area contributed by atoms with Gasteiger partial charge in [-0.25, -0.2) is 9.97 Å². The fourth-order valence-corrected chi connectivity index (χ4v) is 4.47. The zero-order valence-corrected chi connectivity index (χ0v) is 16.9. The highest BCUT2D eigenvalue weighted by Crippen LogP contribution is 2.27. The number of hydrogen-bond acceptors (Lipinski definition) is 5. The van der Waals surface area contributed by atoms with Gasteiger partial charge in [0, 0.05) is 30.5 Å². The molecule has 0 aliphatic carbocycles. The second kappa shape index (κ2) is 7.44. The molecule has 1 atom stereocenters. The first kappa shape index (κ1) is 18.1. The van der Waals surface area contributed by atoms with Crippen molar-refractivity contribution in [3.05, 3.63) is 65.6 Å². The Hall–Kier alpha value is -2.99. The number of benzene rings is 1. The van der Waals surface area contributed by atoms with Crippen LogP contribution in [0.5, 0.6) is 0 Å². The molecule has 1 N–H and O–H groups in total. The molecule has 1 fully saturated rings. The molecular formula is C23H25N5O. The summed E-state index contributed by atoms with van der Waals surface area (Å²) >= 11 is 0. The van der Waals surface area contributed by atoms with Crippen molar-refractivity contribution >= 4 is 10.9 Å². The second-order valence-corrected chi connectivity index (χ2v) is 8.09. The predicted molar refractivity (Wildman–Crippen MR) is 112 cm³/mol. The number of aromatic nitrogens is 4. The molecule has 29 heavy (non-hydrogen) atoms. The van der Waals surface area contributed by atoms with Gasteiger partial charge < -0.3 is 9.51 Å². The van der Waals surface area contributed by atoms with Gasteiger partial charge in [-0.3, -0.25) is 4.90 Å². The summed E-state index contributed by atoms with van der Waals surface area (Å²) in [5.74, 6) is 1.43. The van der Waals surface area contributed by atoms with Crippen LogP contribution in [-0.2, 0) is 13.0 Å². The Morgan fingerprint density at radius 3 is 2.97 bits per heavy atom. The Morgan fingerprint density at radius 1 is 1.17 bits per heavy atom. The van der Waals surface area contributed by atoms with Crippen LogP contribution in [0.15, 0.2) is 47.4 Å². The van der Waals surface area contributed by atoms with Gasteiger partial charge in [0.1, 0.15) is 12.1 Å². The van der Waals surface area contributed by atoms with Gasteiger partial charge >= 0.3 is 0 Å². The Bertz CT molecular complexity index is 1130. The van der Waals surface area contributed by atoms with Gasteiger partial charge in [-0.1, -0.05) is 17.3 Å². The van der Waals surface area contributed by atoms with Crippen LogP contribution < -0.4 is 0 Å². The summed E-state index contributed by atoms with van der Waals surface area (Å²) in [5, 5.41) is 5.32. The van der Waals surface area contributed by atoms with Crippen LogP contribution in [0.4, 0.5) is 0 Å². The molecule has 6 nitrogen and oxygen atoms in total. The maximum Gasteiger partial charge on any atom is 0.143 e. The Kier molecular flexibility index (Phi) is 4.64. The van der Waals surface area contributed by atoms with E-state index >= 15 is 0 Å². The molecule has 0 saturated carbocycles. The zero-order valence-electron chi connectivity index (χ0n) is 16.9. The predicted octanol–water partition coefficient (Wildman–Crippen LogP) is 4.29. The molecular weight excluding hydrogens is 362 g/mol. The highest BCUT2D eigenvalue weighted by Gasteiger charge is 2.24. The van der Waals surface area contributed by atoms with E-state index in [1.54, 1.807) is 6.33 Å². The quantitative estimate of drug-likeness (QED) is 0.553. The smallest absolute Gasteiger partial charge is 0.143 e. The topological polar surface area (TPSA) is 70.8 Å². The van der Waals surface area contributed by atoms with Crippen molar-refractivity contribution in [3.63, 3.8) is 0 Å². The first-order chi connectivity index (χ1) is 14.2. The van der Waals surface area contributed by atoms with Gasteiger partial charge in [-0.15, -0.1) is 0 Å². The first-order valence-electron chi connectivity index (χ1n) is 10.2. The van der Waals surface area contributed by atoms with E-state index < -0.39 is 0 Å². The van der Waals surface area contributed by atoms with Crippen LogP contribution in [0.1, 0.15) is 29.1 Å². The van der Waals surface area contributed by atoms with E-state index in [1.165, 1.54) is 22.9 Å². The van der Waals surface area contributed by atoms with Crippen LogP contribution in [0.2, 0.25) is 0 Å². The number of aryl methyl sites for hydroxylation is 2. The summed E-state index contributed by atoms with van der Waals surface area (Å²) in [6.45, 7) is 7.12. The minimum atomic E-state index is 0.622. The SMILES string of the molecule is Cc1noc(C)c1-c1cc(CC2CCN(Cc3ccc4cc[nH]c4c3)C2)ncn1. The summed E-state index contributed by atoms with van der Waals surface area (Å²) in [5.41, 5.74) is 6.43. The van der Waals surface area contributed by atoms with Crippen molar-refractivity contribution in [2.75, 3.05) is 13.1 Å². The van der Waals surface area contributed by atoms with E-state index in [4.69, 9.17) is 4.52 Å². The van der Waals surface area contributed by atoms with Gasteiger partial charge in [0.25, 0.3) is 0 Å². The third kappa shape index (κ3) is 3.68. The zero-order chi connectivity index (χ0) is 19.8. The molecule has 5 rings (SSSR count). The number of likely N-dealkylation sites (tertiary alicyclic amines) is 1. The lowest BCUT2D eigenvalue weighted by Gasteiger charge is -2.16. The van der Waals surface area contributed by atoms with Crippen LogP contribution in [0.3, 0.4) is 0 Å². The fraction of sp³-hybridized carbons (Fsp3) is 0.348. The lowest BCUT2D eigenvalue weighted by atomic mass is 10.0. The minimum Gasteiger partial charge on any atom is -0.361 e. The first-order valence-corrected chi connectivity index (χ1v) is 10.2. The number of nitrogens with one attached hydrogen (secondary N) is 1. The number of aromatic amines is 1. The van der Waals surface area contributed by atoms with Crippen molar-refractivity contribution in [1.29, 1.82) is 0 Å². The fourth-order valence-electron chi connectivity index (χ4n) is 4.47. The lowest BCUT2D eigenvalue weighted by Crippen LogP contribution is -2.20. The van der Waals surface area contributed by atoms with Gasteiger partial charge in [0.2, 0.25) is 0 Å². The van der Waals surface area contributed by atoms with E-state index in [1.807, 2.05) is 20.0 Å². The normalized spacial score (nSPS) is 17.4. The highest BCUT2D eigenvalue weighted by atomic mass is 16.5. The second-order valence-electron chi connectivity index (χ2n) is 8.09. The molecule has 1 saturated heterocycles. The monoisotopic (exact) mass is 387 g/mol. The molecule has 0 spiro atoms. The van der Waals surface area contributed by atoms with Crippen LogP contribution >= 0.6 is 0 Å². The van der Waals surface area contributed by atoms with Gasteiger partial charge in [-0.05, 0) is 68.3 Å². The maximum atomic E-state index is 5.30. The summed E-state index contributed by atoms with van der Waals surface area (Å²) < 4.78 is 5.30. The van der Waals surface area contributed by atoms with Gasteiger partial charge in [0.05, 0.1) is 17.0 Å². The van der Waals surface area contributed by atoms with Crippen molar-refractivity contribution in [1.82, 2.24) is 25.0 Å². The number of H-pyrrole nitrogens is 1. The van der Waals surface area contributed by atoms with Crippen LogP contribution in [-0.4, -0.2) is 38.1 Å². The summed E-state index contributed by atoms with van der Waals surface area (Å²) in [7, 11) is 0. The Balaban J connectivity index is 1.25. The van der Waals surface area contributed by atoms with E-state index in [9.17, 15) is 0 Å². The molecule has 0 radical (unpaired) electrons. The van der Waals surface area contributed by atoms with Crippen LogP contribution in [0, 0.1) is 19.8 Å². The van der Waals surface area contributed by atoms with Gasteiger partial charge in [-0.2, -0.15) is 0 Å². The molecule has 1 unspecified atom stereocenters. The average molecular weight is 387 g/mol. The van der Waals surface area contributed by atoms with E-state index in [0.717, 1.165) is 54.5 Å². The third-order valence-corrected chi connectivity index (χ3v) is 5.91. The van der Waals surface area contributed by atoms with E-state index in [0.29, 0.717) is 5.92 Å². The molecule has 4 aromatic rings. The van der Waals surface area contributed by atoms with Crippen LogP contribution in [0.25, 0.3) is 22.2 Å². The van der Waals surface area contributed by atoms with E-state index in [2.05, 4.69) is 55.3 Å². The van der Waals surface area contributed by atoms with Crippen molar-refractivity contribution in [2.24, 2.45) is 5.92 Å². The van der Waals surface area contributed by atoms with E-state index in [-0.39, 0.29) is 0 Å². The summed E-state index contributed by atoms with van der Waals surface area (Å²) in [6.07, 6.45) is 5.84. The maximum absolute atomic E-state index is 5.30. The molecule has 1 aromatic carbocycles. The molecule has 3 aromatic heterocycles. The molecule has 148 valence electrons. The number of nitrogens with zero attached hydrogens (tertiary/aromatic N) is 4. The molecule has 1 aliphatic heterocycles. The number of hydrogen-bond donors (Lipinski definition) is 1. The summed E-state index contributed by atoms with van der Waals surface area (Å²) in [4.78, 5) is 14.8. The molecule has 1 aliphatic rings.